The topological polar surface area (TPSA) is 70.1 Å². The van der Waals surface area contributed by atoms with Crippen molar-refractivity contribution < 1.29 is 9.13 Å². The molecule has 1 fully saturated rings. The van der Waals surface area contributed by atoms with Crippen LogP contribution < -0.4 is 11.4 Å². The van der Waals surface area contributed by atoms with Gasteiger partial charge in [0, 0.05) is 24.7 Å². The molecule has 0 unspecified atom stereocenters. The number of nitrogen functional groups attached to an aromatic ring is 1. The molecule has 0 radical (unpaired) electrons. The number of rotatable bonds is 6. The maximum Gasteiger partial charge on any atom is 0.350 e. The Morgan fingerprint density at radius 3 is 3.10 bits per heavy atom. The second-order valence-corrected chi connectivity index (χ2v) is 6.27. The Hall–Kier alpha value is -1.02. The molecular formula is C12H19BFN3O2S. The van der Waals surface area contributed by atoms with E-state index < -0.39 is 17.2 Å². The lowest BCUT2D eigenvalue weighted by atomic mass is 10.1. The zero-order valence-electron chi connectivity index (χ0n) is 11.5. The van der Waals surface area contributed by atoms with Crippen LogP contribution in [0.2, 0.25) is 6.32 Å². The first-order chi connectivity index (χ1) is 9.61. The molecule has 0 amide bonds. The van der Waals surface area contributed by atoms with E-state index >= 15 is 0 Å². The van der Waals surface area contributed by atoms with Gasteiger partial charge < -0.3 is 10.5 Å². The lowest BCUT2D eigenvalue weighted by Crippen LogP contribution is -2.28. The average Bonchev–Trinajstić information content (AvgIpc) is 2.76. The third-order valence-electron chi connectivity index (χ3n) is 3.19. The average molecular weight is 299 g/mol. The van der Waals surface area contributed by atoms with Crippen LogP contribution in [0.1, 0.15) is 18.2 Å². The van der Waals surface area contributed by atoms with E-state index in [9.17, 15) is 9.18 Å². The fraction of sp³-hybridized carbons (Fsp3) is 0.667. The molecule has 0 aromatic carbocycles. The predicted octanol–water partition coefficient (Wildman–Crippen LogP) is 0.626. The van der Waals surface area contributed by atoms with Gasteiger partial charge in [-0.2, -0.15) is 4.98 Å². The molecule has 1 aromatic rings. The van der Waals surface area contributed by atoms with E-state index in [0.29, 0.717) is 13.0 Å². The zero-order valence-corrected chi connectivity index (χ0v) is 12.3. The molecule has 0 saturated carbocycles. The van der Waals surface area contributed by atoms with Crippen LogP contribution in [0.25, 0.3) is 0 Å². The molecule has 1 aliphatic rings. The number of aromatic nitrogens is 2. The zero-order chi connectivity index (χ0) is 14.5. The number of hydrogen-bond acceptors (Lipinski definition) is 5. The van der Waals surface area contributed by atoms with E-state index in [2.05, 4.69) is 12.8 Å². The van der Waals surface area contributed by atoms with Gasteiger partial charge in [-0.05, 0) is 18.9 Å². The number of nitrogens with zero attached hydrogens (tertiary/aromatic N) is 2. The fourth-order valence-electron chi connectivity index (χ4n) is 2.21. The highest BCUT2D eigenvalue weighted by Gasteiger charge is 2.36. The highest BCUT2D eigenvalue weighted by Crippen LogP contribution is 2.44. The van der Waals surface area contributed by atoms with Gasteiger partial charge in [-0.15, -0.1) is 11.8 Å². The van der Waals surface area contributed by atoms with E-state index in [4.69, 9.17) is 10.5 Å². The summed E-state index contributed by atoms with van der Waals surface area (Å²) in [7, 11) is 2.05. The van der Waals surface area contributed by atoms with E-state index in [1.807, 2.05) is 0 Å². The van der Waals surface area contributed by atoms with Crippen LogP contribution in [0.3, 0.4) is 0 Å². The number of thioether (sulfide) groups is 1. The molecule has 0 aliphatic carbocycles. The number of hydrogen-bond donors (Lipinski definition) is 1. The van der Waals surface area contributed by atoms with Crippen LogP contribution in [0.15, 0.2) is 17.1 Å². The molecular weight excluding hydrogens is 280 g/mol. The number of nitrogens with two attached hydrogens (primary N) is 1. The molecule has 1 saturated heterocycles. The molecule has 110 valence electrons. The van der Waals surface area contributed by atoms with Crippen molar-refractivity contribution in [1.29, 1.82) is 0 Å². The highest BCUT2D eigenvalue weighted by molar-refractivity contribution is 8.00. The van der Waals surface area contributed by atoms with Gasteiger partial charge in [0.2, 0.25) is 0 Å². The van der Waals surface area contributed by atoms with Crippen molar-refractivity contribution in [1.82, 2.24) is 9.55 Å². The molecule has 20 heavy (non-hydrogen) atoms. The molecule has 2 N–H and O–H groups in total. The molecule has 8 heteroatoms. The first-order valence-electron chi connectivity index (χ1n) is 6.83. The van der Waals surface area contributed by atoms with Crippen LogP contribution in [0, 0.1) is 0 Å². The van der Waals surface area contributed by atoms with E-state index in [-0.39, 0.29) is 11.1 Å². The number of ether oxygens (including phenoxy) is 1. The Morgan fingerprint density at radius 1 is 1.60 bits per heavy atom. The number of alkyl halides is 1. The maximum absolute atomic E-state index is 14.1. The predicted molar refractivity (Wildman–Crippen MR) is 81.6 cm³/mol. The SMILES string of the molecule is BCCOCC[C@@H]1C[C@H](F)[C@H](n2ccc(N)nc2=O)S1. The third kappa shape index (κ3) is 3.76. The van der Waals surface area contributed by atoms with Gasteiger partial charge >= 0.3 is 5.69 Å². The molecule has 3 atom stereocenters. The van der Waals surface area contributed by atoms with Gasteiger partial charge in [0.25, 0.3) is 0 Å². The first-order valence-corrected chi connectivity index (χ1v) is 7.78. The summed E-state index contributed by atoms with van der Waals surface area (Å²) >= 11 is 1.48. The smallest absolute Gasteiger partial charge is 0.350 e. The van der Waals surface area contributed by atoms with Gasteiger partial charge in [-0.25, -0.2) is 9.18 Å². The molecule has 2 heterocycles. The van der Waals surface area contributed by atoms with Gasteiger partial charge in [0.15, 0.2) is 0 Å². The fourth-order valence-corrected chi connectivity index (χ4v) is 3.71. The third-order valence-corrected chi connectivity index (χ3v) is 4.80. The van der Waals surface area contributed by atoms with E-state index in [1.54, 1.807) is 0 Å². The van der Waals surface area contributed by atoms with Crippen molar-refractivity contribution in [3.8, 4) is 0 Å². The summed E-state index contributed by atoms with van der Waals surface area (Å²) in [6, 6.07) is 1.52. The summed E-state index contributed by atoms with van der Waals surface area (Å²) in [6.45, 7) is 1.38. The molecule has 5 nitrogen and oxygen atoms in total. The monoisotopic (exact) mass is 299 g/mol. The van der Waals surface area contributed by atoms with E-state index in [0.717, 1.165) is 19.3 Å². The van der Waals surface area contributed by atoms with Crippen LogP contribution in [0.5, 0.6) is 0 Å². The largest absolute Gasteiger partial charge is 0.383 e. The number of anilines is 1. The highest BCUT2D eigenvalue weighted by atomic mass is 32.2. The van der Waals surface area contributed by atoms with E-state index in [1.165, 1.54) is 28.6 Å². The van der Waals surface area contributed by atoms with Crippen molar-refractivity contribution in [2.45, 2.75) is 36.0 Å². The quantitative estimate of drug-likeness (QED) is 0.616. The molecule has 0 spiro atoms. The van der Waals surface area contributed by atoms with Crippen molar-refractivity contribution in [3.05, 3.63) is 22.7 Å². The van der Waals surface area contributed by atoms with Gasteiger partial charge in [0.05, 0.1) is 0 Å². The summed E-state index contributed by atoms with van der Waals surface area (Å²) in [6.07, 6.45) is 2.71. The normalized spacial score (nSPS) is 25.9. The van der Waals surface area contributed by atoms with Crippen LogP contribution in [-0.2, 0) is 4.74 Å². The van der Waals surface area contributed by atoms with Crippen molar-refractivity contribution in [2.24, 2.45) is 0 Å². The standard InChI is InChI=1S/C12H19BFN3O2S/c13-3-6-19-5-2-8-7-9(14)11(20-8)17-4-1-10(15)16-12(17)18/h1,4,8-9,11H,2-3,5-7,13H2,(H2,15,16,18)/t8-,9+,11-/m1/s1. The Morgan fingerprint density at radius 2 is 2.40 bits per heavy atom. The first kappa shape index (κ1) is 15.4. The Labute approximate surface area is 122 Å². The Bertz CT molecular complexity index is 502. The lowest BCUT2D eigenvalue weighted by Gasteiger charge is -2.15. The minimum Gasteiger partial charge on any atom is -0.383 e. The second-order valence-electron chi connectivity index (χ2n) is 4.84. The summed E-state index contributed by atoms with van der Waals surface area (Å²) in [5.41, 5.74) is 4.95. The minimum absolute atomic E-state index is 0.161. The van der Waals surface area contributed by atoms with Crippen molar-refractivity contribution >= 4 is 25.4 Å². The number of halogens is 1. The van der Waals surface area contributed by atoms with Crippen molar-refractivity contribution in [3.63, 3.8) is 0 Å². The van der Waals surface area contributed by atoms with Crippen molar-refractivity contribution in [2.75, 3.05) is 18.9 Å². The molecule has 1 aromatic heterocycles. The molecule has 2 rings (SSSR count). The summed E-state index contributed by atoms with van der Waals surface area (Å²) in [5, 5.41) is -0.330. The van der Waals surface area contributed by atoms with Crippen LogP contribution in [-0.4, -0.2) is 42.0 Å². The van der Waals surface area contributed by atoms with Crippen LogP contribution >= 0.6 is 11.8 Å². The van der Waals surface area contributed by atoms with Gasteiger partial charge in [-0.3, -0.25) is 4.57 Å². The lowest BCUT2D eigenvalue weighted by molar-refractivity contribution is 0.143. The van der Waals surface area contributed by atoms with Gasteiger partial charge in [0.1, 0.15) is 25.2 Å². The summed E-state index contributed by atoms with van der Waals surface area (Å²) in [5.74, 6) is 0.161. The maximum atomic E-state index is 14.1. The minimum atomic E-state index is -1.04. The Balaban J connectivity index is 1.95. The second kappa shape index (κ2) is 7.13. The van der Waals surface area contributed by atoms with Gasteiger partial charge in [-0.1, -0.05) is 6.32 Å². The molecule has 0 bridgehead atoms. The molecule has 1 aliphatic heterocycles. The van der Waals surface area contributed by atoms with Crippen LogP contribution in [0.4, 0.5) is 10.2 Å². The summed E-state index contributed by atoms with van der Waals surface area (Å²) < 4.78 is 20.9. The Kier molecular flexibility index (Phi) is 5.48. The summed E-state index contributed by atoms with van der Waals surface area (Å²) in [4.78, 5) is 15.4.